The third-order valence-corrected chi connectivity index (χ3v) is 5.37. The van der Waals surface area contributed by atoms with E-state index in [1.165, 1.54) is 19.3 Å². The molecule has 0 amide bonds. The van der Waals surface area contributed by atoms with E-state index >= 15 is 0 Å². The molecule has 0 heterocycles. The standard InChI is InChI=1S/C15H21BrClNO/c1-2-11-4-3-7-15(9-11,10-19)18-12-5-6-14(17)13(16)8-12/h5-6,8,11,18-19H,2-4,7,9-10H2,1H3. The summed E-state index contributed by atoms with van der Waals surface area (Å²) in [7, 11) is 0. The summed E-state index contributed by atoms with van der Waals surface area (Å²) in [6.07, 6.45) is 5.72. The highest BCUT2D eigenvalue weighted by atomic mass is 79.9. The summed E-state index contributed by atoms with van der Waals surface area (Å²) >= 11 is 9.46. The lowest BCUT2D eigenvalue weighted by atomic mass is 9.75. The summed E-state index contributed by atoms with van der Waals surface area (Å²) < 4.78 is 0.884. The zero-order valence-electron chi connectivity index (χ0n) is 11.3. The van der Waals surface area contributed by atoms with Crippen molar-refractivity contribution in [3.8, 4) is 0 Å². The van der Waals surface area contributed by atoms with Gasteiger partial charge in [-0.15, -0.1) is 0 Å². The van der Waals surface area contributed by atoms with Crippen LogP contribution in [0.3, 0.4) is 0 Å². The number of aliphatic hydroxyl groups is 1. The van der Waals surface area contributed by atoms with Crippen molar-refractivity contribution in [1.82, 2.24) is 0 Å². The molecule has 1 aromatic carbocycles. The van der Waals surface area contributed by atoms with Crippen molar-refractivity contribution in [2.24, 2.45) is 5.92 Å². The molecule has 0 aromatic heterocycles. The van der Waals surface area contributed by atoms with Gasteiger partial charge in [0.1, 0.15) is 0 Å². The van der Waals surface area contributed by atoms with E-state index in [1.54, 1.807) is 0 Å². The molecule has 19 heavy (non-hydrogen) atoms. The predicted octanol–water partition coefficient (Wildman–Crippen LogP) is 4.85. The van der Waals surface area contributed by atoms with Gasteiger partial charge in [0.2, 0.25) is 0 Å². The second kappa shape index (κ2) is 6.47. The number of benzene rings is 1. The first-order chi connectivity index (χ1) is 9.08. The van der Waals surface area contributed by atoms with Crippen molar-refractivity contribution < 1.29 is 5.11 Å². The number of halogens is 2. The molecule has 2 rings (SSSR count). The Labute approximate surface area is 128 Å². The van der Waals surface area contributed by atoms with Crippen molar-refractivity contribution in [1.29, 1.82) is 0 Å². The quantitative estimate of drug-likeness (QED) is 0.817. The van der Waals surface area contributed by atoms with Gasteiger partial charge in [-0.25, -0.2) is 0 Å². The van der Waals surface area contributed by atoms with E-state index in [4.69, 9.17) is 11.6 Å². The zero-order valence-corrected chi connectivity index (χ0v) is 13.6. The minimum Gasteiger partial charge on any atom is -0.394 e. The molecule has 2 unspecified atom stereocenters. The highest BCUT2D eigenvalue weighted by Crippen LogP contribution is 2.37. The summed E-state index contributed by atoms with van der Waals surface area (Å²) in [6, 6.07) is 5.83. The summed E-state index contributed by atoms with van der Waals surface area (Å²) in [5.74, 6) is 0.712. The van der Waals surface area contributed by atoms with Crippen LogP contribution in [-0.4, -0.2) is 17.3 Å². The van der Waals surface area contributed by atoms with E-state index in [-0.39, 0.29) is 12.1 Å². The summed E-state index contributed by atoms with van der Waals surface area (Å²) in [5, 5.41) is 14.1. The molecule has 0 aliphatic heterocycles. The Bertz CT molecular complexity index is 440. The second-order valence-electron chi connectivity index (χ2n) is 5.56. The van der Waals surface area contributed by atoms with Gasteiger partial charge in [0.15, 0.2) is 0 Å². The third-order valence-electron chi connectivity index (χ3n) is 4.16. The topological polar surface area (TPSA) is 32.3 Å². The largest absolute Gasteiger partial charge is 0.394 e. The van der Waals surface area contributed by atoms with Crippen LogP contribution in [0.25, 0.3) is 0 Å². The molecular weight excluding hydrogens is 326 g/mol. The molecule has 2 atom stereocenters. The maximum atomic E-state index is 9.84. The van der Waals surface area contributed by atoms with Crippen LogP contribution < -0.4 is 5.32 Å². The average molecular weight is 347 g/mol. The Balaban J connectivity index is 2.15. The van der Waals surface area contributed by atoms with E-state index in [0.29, 0.717) is 10.9 Å². The number of nitrogens with one attached hydrogen (secondary N) is 1. The smallest absolute Gasteiger partial charge is 0.0661 e. The van der Waals surface area contributed by atoms with Crippen LogP contribution in [0.2, 0.25) is 5.02 Å². The fourth-order valence-corrected chi connectivity index (χ4v) is 3.51. The van der Waals surface area contributed by atoms with E-state index in [0.717, 1.165) is 23.0 Å². The monoisotopic (exact) mass is 345 g/mol. The minimum absolute atomic E-state index is 0.174. The SMILES string of the molecule is CCC1CCCC(CO)(Nc2ccc(Cl)c(Br)c2)C1. The van der Waals surface area contributed by atoms with Gasteiger partial charge in [0.05, 0.1) is 17.2 Å². The van der Waals surface area contributed by atoms with Gasteiger partial charge >= 0.3 is 0 Å². The molecule has 0 radical (unpaired) electrons. The van der Waals surface area contributed by atoms with Gasteiger partial charge in [-0.05, 0) is 52.9 Å². The predicted molar refractivity (Wildman–Crippen MR) is 84.8 cm³/mol. The average Bonchev–Trinajstić information content (AvgIpc) is 2.43. The van der Waals surface area contributed by atoms with Crippen LogP contribution in [0.1, 0.15) is 39.0 Å². The van der Waals surface area contributed by atoms with Crippen LogP contribution in [0.15, 0.2) is 22.7 Å². The lowest BCUT2D eigenvalue weighted by molar-refractivity contribution is 0.142. The molecule has 2 N–H and O–H groups in total. The maximum Gasteiger partial charge on any atom is 0.0661 e. The van der Waals surface area contributed by atoms with Gasteiger partial charge in [-0.3, -0.25) is 0 Å². The van der Waals surface area contributed by atoms with Crippen molar-refractivity contribution in [2.75, 3.05) is 11.9 Å². The molecule has 0 bridgehead atoms. The van der Waals surface area contributed by atoms with Crippen LogP contribution in [0, 0.1) is 5.92 Å². The first kappa shape index (κ1) is 15.1. The zero-order chi connectivity index (χ0) is 13.9. The normalized spacial score (nSPS) is 27.3. The molecule has 1 fully saturated rings. The van der Waals surface area contributed by atoms with Crippen LogP contribution in [-0.2, 0) is 0 Å². The Morgan fingerprint density at radius 1 is 1.53 bits per heavy atom. The molecule has 2 nitrogen and oxygen atoms in total. The first-order valence-corrected chi connectivity index (χ1v) is 8.10. The highest BCUT2D eigenvalue weighted by Gasteiger charge is 2.35. The molecule has 0 spiro atoms. The van der Waals surface area contributed by atoms with Crippen LogP contribution in [0.5, 0.6) is 0 Å². The Morgan fingerprint density at radius 3 is 2.95 bits per heavy atom. The summed E-state index contributed by atoms with van der Waals surface area (Å²) in [6.45, 7) is 2.42. The molecule has 1 saturated carbocycles. The minimum atomic E-state index is -0.174. The van der Waals surface area contributed by atoms with Crippen molar-refractivity contribution >= 4 is 33.2 Å². The molecule has 4 heteroatoms. The Kier molecular flexibility index (Phi) is 5.15. The molecular formula is C15H21BrClNO. The van der Waals surface area contributed by atoms with Crippen molar-refractivity contribution in [3.63, 3.8) is 0 Å². The lowest BCUT2D eigenvalue weighted by Crippen LogP contribution is -2.46. The fraction of sp³-hybridized carbons (Fsp3) is 0.600. The third kappa shape index (κ3) is 3.65. The molecule has 106 valence electrons. The first-order valence-electron chi connectivity index (χ1n) is 6.92. The van der Waals surface area contributed by atoms with Gasteiger partial charge in [-0.1, -0.05) is 37.8 Å². The number of rotatable bonds is 4. The Morgan fingerprint density at radius 2 is 2.32 bits per heavy atom. The van der Waals surface area contributed by atoms with E-state index in [1.807, 2.05) is 18.2 Å². The summed E-state index contributed by atoms with van der Waals surface area (Å²) in [5.41, 5.74) is 0.841. The van der Waals surface area contributed by atoms with Gasteiger partial charge < -0.3 is 10.4 Å². The van der Waals surface area contributed by atoms with E-state index < -0.39 is 0 Å². The number of hydrogen-bond acceptors (Lipinski definition) is 2. The van der Waals surface area contributed by atoms with Crippen molar-refractivity contribution in [2.45, 2.75) is 44.6 Å². The van der Waals surface area contributed by atoms with Crippen molar-refractivity contribution in [3.05, 3.63) is 27.7 Å². The number of anilines is 1. The molecule has 0 saturated heterocycles. The molecule has 1 aromatic rings. The highest BCUT2D eigenvalue weighted by molar-refractivity contribution is 9.10. The summed E-state index contributed by atoms with van der Waals surface area (Å²) in [4.78, 5) is 0. The number of aliphatic hydroxyl groups excluding tert-OH is 1. The maximum absolute atomic E-state index is 9.84. The van der Waals surface area contributed by atoms with Gasteiger partial charge in [-0.2, -0.15) is 0 Å². The molecule has 1 aliphatic carbocycles. The number of hydrogen-bond donors (Lipinski definition) is 2. The van der Waals surface area contributed by atoms with Gasteiger partial charge in [0.25, 0.3) is 0 Å². The van der Waals surface area contributed by atoms with Crippen LogP contribution >= 0.6 is 27.5 Å². The van der Waals surface area contributed by atoms with E-state index in [9.17, 15) is 5.11 Å². The molecule has 1 aliphatic rings. The lowest BCUT2D eigenvalue weighted by Gasteiger charge is -2.41. The fourth-order valence-electron chi connectivity index (χ4n) is 3.01. The van der Waals surface area contributed by atoms with E-state index in [2.05, 4.69) is 28.2 Å². The van der Waals surface area contributed by atoms with Gasteiger partial charge in [0, 0.05) is 10.2 Å². The second-order valence-corrected chi connectivity index (χ2v) is 6.82. The van der Waals surface area contributed by atoms with Crippen LogP contribution in [0.4, 0.5) is 5.69 Å². The Hall–Kier alpha value is -0.250.